The molecule has 0 unspecified atom stereocenters. The lowest BCUT2D eigenvalue weighted by atomic mass is 10.2. The van der Waals surface area contributed by atoms with E-state index in [0.717, 1.165) is 27.2 Å². The van der Waals surface area contributed by atoms with Gasteiger partial charge in [-0.15, -0.1) is 11.3 Å². The molecular formula is C34H28N6O2S. The van der Waals surface area contributed by atoms with Crippen molar-refractivity contribution in [3.05, 3.63) is 132 Å². The molecule has 0 saturated heterocycles. The molecule has 0 bridgehead atoms. The van der Waals surface area contributed by atoms with Gasteiger partial charge in [0.05, 0.1) is 21.6 Å². The highest BCUT2D eigenvalue weighted by Crippen LogP contribution is 2.30. The third-order valence-corrected chi connectivity index (χ3v) is 8.25. The Morgan fingerprint density at radius 3 is 2.65 bits per heavy atom. The quantitative estimate of drug-likeness (QED) is 0.198. The van der Waals surface area contributed by atoms with E-state index in [1.807, 2.05) is 83.6 Å². The van der Waals surface area contributed by atoms with Crippen LogP contribution >= 0.6 is 11.3 Å². The predicted octanol–water partition coefficient (Wildman–Crippen LogP) is 6.97. The van der Waals surface area contributed by atoms with E-state index in [4.69, 9.17) is 4.98 Å². The summed E-state index contributed by atoms with van der Waals surface area (Å²) >= 11 is 1.40. The van der Waals surface area contributed by atoms with Gasteiger partial charge in [0.2, 0.25) is 5.95 Å². The maximum Gasteiger partial charge on any atom is 0.268 e. The standard InChI is InChI=1S/C34H28N6O2S/c1-3-26-20-25(15-18-36-26)30-13-14-31(43-30)32(41)38-34-37-28-21-27(39(2)33(42)24-9-5-4-6-10-24)11-12-29(28)40(34)19-16-23-8-7-17-35-22-23/h3-15,17-18,20-22H,1,16,19H2,2H3,(H,37,38,41). The van der Waals surface area contributed by atoms with E-state index in [1.54, 1.807) is 42.6 Å². The van der Waals surface area contributed by atoms with Crippen LogP contribution in [0.3, 0.4) is 0 Å². The van der Waals surface area contributed by atoms with E-state index < -0.39 is 0 Å². The molecule has 0 saturated carbocycles. The van der Waals surface area contributed by atoms with Crippen molar-refractivity contribution in [2.75, 3.05) is 17.3 Å². The Bertz CT molecular complexity index is 1930. The minimum absolute atomic E-state index is 0.118. The second-order valence-corrected chi connectivity index (χ2v) is 11.0. The Kier molecular flexibility index (Phi) is 7.88. The predicted molar refractivity (Wildman–Crippen MR) is 172 cm³/mol. The minimum atomic E-state index is -0.246. The molecule has 4 heterocycles. The topological polar surface area (TPSA) is 93.0 Å². The van der Waals surface area contributed by atoms with Crippen molar-refractivity contribution in [3.8, 4) is 10.4 Å². The van der Waals surface area contributed by atoms with Gasteiger partial charge in [-0.2, -0.15) is 0 Å². The molecule has 0 aliphatic heterocycles. The van der Waals surface area contributed by atoms with Gasteiger partial charge in [-0.1, -0.05) is 30.8 Å². The first-order valence-electron chi connectivity index (χ1n) is 13.7. The molecule has 0 atom stereocenters. The van der Waals surface area contributed by atoms with Gasteiger partial charge in [0.15, 0.2) is 0 Å². The molecule has 0 aliphatic carbocycles. The monoisotopic (exact) mass is 584 g/mol. The van der Waals surface area contributed by atoms with Crippen molar-refractivity contribution >= 4 is 51.9 Å². The highest BCUT2D eigenvalue weighted by atomic mass is 32.1. The van der Waals surface area contributed by atoms with Crippen LogP contribution in [-0.4, -0.2) is 38.4 Å². The molecule has 8 nitrogen and oxygen atoms in total. The van der Waals surface area contributed by atoms with Crippen molar-refractivity contribution in [3.63, 3.8) is 0 Å². The van der Waals surface area contributed by atoms with Gasteiger partial charge >= 0.3 is 0 Å². The molecule has 43 heavy (non-hydrogen) atoms. The normalized spacial score (nSPS) is 10.9. The largest absolute Gasteiger partial charge is 0.311 e. The molecule has 2 amide bonds. The van der Waals surface area contributed by atoms with Crippen molar-refractivity contribution in [2.45, 2.75) is 13.0 Å². The van der Waals surface area contributed by atoms with Gasteiger partial charge in [0.1, 0.15) is 0 Å². The molecule has 0 fully saturated rings. The van der Waals surface area contributed by atoms with E-state index in [9.17, 15) is 9.59 Å². The SMILES string of the molecule is C=Cc1cc(-c2ccc(C(=O)Nc3nc4cc(N(C)C(=O)c5ccccc5)ccc4n3CCc3cccnc3)s2)ccn1. The Morgan fingerprint density at radius 1 is 1.00 bits per heavy atom. The summed E-state index contributed by atoms with van der Waals surface area (Å²) in [5.74, 6) is 0.0714. The van der Waals surface area contributed by atoms with Crippen LogP contribution in [0.4, 0.5) is 11.6 Å². The highest BCUT2D eigenvalue weighted by molar-refractivity contribution is 7.17. The van der Waals surface area contributed by atoms with E-state index in [-0.39, 0.29) is 11.8 Å². The second-order valence-electron chi connectivity index (χ2n) is 9.89. The molecule has 4 aromatic heterocycles. The van der Waals surface area contributed by atoms with Gasteiger partial charge in [-0.25, -0.2) is 4.98 Å². The number of aryl methyl sites for hydroxylation is 2. The number of carbonyl (C=O) groups excluding carboxylic acids is 2. The fraction of sp³-hybridized carbons (Fsp3) is 0.0882. The first kappa shape index (κ1) is 27.7. The summed E-state index contributed by atoms with van der Waals surface area (Å²) in [6.07, 6.45) is 7.71. The lowest BCUT2D eigenvalue weighted by Crippen LogP contribution is -2.26. The second kappa shape index (κ2) is 12.2. The van der Waals surface area contributed by atoms with Crippen molar-refractivity contribution in [1.82, 2.24) is 19.5 Å². The summed E-state index contributed by atoms with van der Waals surface area (Å²) in [4.78, 5) is 43.0. The van der Waals surface area contributed by atoms with E-state index in [2.05, 4.69) is 21.9 Å². The van der Waals surface area contributed by atoms with Gasteiger partial charge in [-0.3, -0.25) is 24.9 Å². The molecule has 212 valence electrons. The van der Waals surface area contributed by atoms with Crippen LogP contribution in [-0.2, 0) is 13.0 Å². The van der Waals surface area contributed by atoms with Crippen molar-refractivity contribution in [2.24, 2.45) is 0 Å². The Morgan fingerprint density at radius 2 is 1.86 bits per heavy atom. The number of imidazole rings is 1. The molecular weight excluding hydrogens is 556 g/mol. The lowest BCUT2D eigenvalue weighted by molar-refractivity contribution is 0.0991. The lowest BCUT2D eigenvalue weighted by Gasteiger charge is -2.17. The number of amides is 2. The average molecular weight is 585 g/mol. The van der Waals surface area contributed by atoms with Gasteiger partial charge < -0.3 is 9.47 Å². The van der Waals surface area contributed by atoms with Gasteiger partial charge in [0.25, 0.3) is 11.8 Å². The molecule has 9 heteroatoms. The minimum Gasteiger partial charge on any atom is -0.311 e. The van der Waals surface area contributed by atoms with Crippen molar-refractivity contribution < 1.29 is 9.59 Å². The number of hydrogen-bond acceptors (Lipinski definition) is 6. The smallest absolute Gasteiger partial charge is 0.268 e. The maximum atomic E-state index is 13.5. The average Bonchev–Trinajstić information content (AvgIpc) is 3.69. The van der Waals surface area contributed by atoms with Gasteiger partial charge in [-0.05, 0) is 84.3 Å². The number of pyridine rings is 2. The Labute approximate surface area is 253 Å². The Balaban J connectivity index is 1.30. The van der Waals surface area contributed by atoms with Crippen LogP contribution in [0.1, 0.15) is 31.3 Å². The summed E-state index contributed by atoms with van der Waals surface area (Å²) < 4.78 is 2.00. The first-order valence-corrected chi connectivity index (χ1v) is 14.5. The fourth-order valence-corrected chi connectivity index (χ4v) is 5.72. The van der Waals surface area contributed by atoms with Crippen LogP contribution in [0.25, 0.3) is 27.6 Å². The fourth-order valence-electron chi connectivity index (χ4n) is 4.82. The van der Waals surface area contributed by atoms with Crippen molar-refractivity contribution in [1.29, 1.82) is 0 Å². The van der Waals surface area contributed by atoms with Crippen LogP contribution in [0, 0.1) is 0 Å². The molecule has 6 rings (SSSR count). The number of rotatable bonds is 9. The zero-order valence-corrected chi connectivity index (χ0v) is 24.3. The molecule has 0 spiro atoms. The van der Waals surface area contributed by atoms with Crippen LogP contribution in [0.2, 0.25) is 0 Å². The molecule has 2 aromatic carbocycles. The maximum absolute atomic E-state index is 13.5. The third-order valence-electron chi connectivity index (χ3n) is 7.12. The molecule has 1 N–H and O–H groups in total. The number of anilines is 2. The number of aromatic nitrogens is 4. The summed E-state index contributed by atoms with van der Waals surface area (Å²) in [7, 11) is 1.74. The van der Waals surface area contributed by atoms with Crippen LogP contribution in [0.15, 0.2) is 110 Å². The number of nitrogens with one attached hydrogen (secondary N) is 1. The molecule has 0 aliphatic rings. The van der Waals surface area contributed by atoms with E-state index >= 15 is 0 Å². The number of nitrogens with zero attached hydrogens (tertiary/aromatic N) is 5. The number of thiophene rings is 1. The summed E-state index contributed by atoms with van der Waals surface area (Å²) in [6, 6.07) is 26.4. The zero-order chi connectivity index (χ0) is 29.8. The summed E-state index contributed by atoms with van der Waals surface area (Å²) in [5, 5.41) is 3.04. The zero-order valence-electron chi connectivity index (χ0n) is 23.5. The summed E-state index contributed by atoms with van der Waals surface area (Å²) in [5.41, 5.74) is 5.65. The first-order chi connectivity index (χ1) is 21.0. The number of carbonyl (C=O) groups is 2. The number of hydrogen-bond donors (Lipinski definition) is 1. The highest BCUT2D eigenvalue weighted by Gasteiger charge is 2.19. The van der Waals surface area contributed by atoms with E-state index in [0.29, 0.717) is 40.6 Å². The summed E-state index contributed by atoms with van der Waals surface area (Å²) in [6.45, 7) is 4.36. The third kappa shape index (κ3) is 5.98. The molecule has 0 radical (unpaired) electrons. The van der Waals surface area contributed by atoms with Crippen LogP contribution < -0.4 is 10.2 Å². The molecule has 6 aromatic rings. The van der Waals surface area contributed by atoms with E-state index in [1.165, 1.54) is 11.3 Å². The van der Waals surface area contributed by atoms with Crippen LogP contribution in [0.5, 0.6) is 0 Å². The van der Waals surface area contributed by atoms with Gasteiger partial charge in [0, 0.05) is 48.3 Å². The number of benzene rings is 2. The Hall–Kier alpha value is -5.41. The number of fused-ring (bicyclic) bond motifs is 1.